The molecule has 156 valence electrons. The van der Waals surface area contributed by atoms with Crippen LogP contribution in [0.1, 0.15) is 36.8 Å². The molecule has 29 heavy (non-hydrogen) atoms. The van der Waals surface area contributed by atoms with Gasteiger partial charge in [-0.25, -0.2) is 0 Å². The van der Waals surface area contributed by atoms with E-state index in [1.165, 1.54) is 19.2 Å². The molecule has 2 aromatic rings. The van der Waals surface area contributed by atoms with E-state index in [1.54, 1.807) is 0 Å². The molecular weight excluding hydrogens is 383 g/mol. The molecule has 3 rings (SSSR count). The fraction of sp³-hybridized carbons (Fsp3) is 0.409. The van der Waals surface area contributed by atoms with Crippen molar-refractivity contribution in [3.05, 3.63) is 59.7 Å². The standard InChI is InChI=1S/C22H24F3NO3/c1-28-13-14-29-19-10-9-17(15-18(19)22(23,24)25)26-20(27)21(11-5-6-12-21)16-7-3-2-4-8-16/h2-4,7-10,15H,5-6,11-14H2,1H3,(H,26,27). The lowest BCUT2D eigenvalue weighted by Gasteiger charge is -2.28. The van der Waals surface area contributed by atoms with Gasteiger partial charge in [-0.15, -0.1) is 0 Å². The van der Waals surface area contributed by atoms with Crippen molar-refractivity contribution in [2.75, 3.05) is 25.6 Å². The van der Waals surface area contributed by atoms with Crippen LogP contribution in [0.5, 0.6) is 5.75 Å². The maximum Gasteiger partial charge on any atom is 0.420 e. The predicted molar refractivity (Wildman–Crippen MR) is 104 cm³/mol. The Kier molecular flexibility index (Phi) is 6.47. The first-order chi connectivity index (χ1) is 13.9. The van der Waals surface area contributed by atoms with Crippen LogP contribution in [0.2, 0.25) is 0 Å². The maximum absolute atomic E-state index is 13.5. The lowest BCUT2D eigenvalue weighted by Crippen LogP contribution is -2.38. The fourth-order valence-corrected chi connectivity index (χ4v) is 3.82. The second-order valence-corrected chi connectivity index (χ2v) is 7.16. The molecule has 0 radical (unpaired) electrons. The molecule has 1 amide bonds. The van der Waals surface area contributed by atoms with Gasteiger partial charge in [0.05, 0.1) is 17.6 Å². The summed E-state index contributed by atoms with van der Waals surface area (Å²) in [7, 11) is 1.44. The van der Waals surface area contributed by atoms with Crippen molar-refractivity contribution in [2.24, 2.45) is 0 Å². The van der Waals surface area contributed by atoms with Crippen LogP contribution in [0, 0.1) is 0 Å². The van der Waals surface area contributed by atoms with Crippen molar-refractivity contribution in [2.45, 2.75) is 37.3 Å². The molecule has 4 nitrogen and oxygen atoms in total. The summed E-state index contributed by atoms with van der Waals surface area (Å²) in [5.74, 6) is -0.562. The molecule has 0 bridgehead atoms. The summed E-state index contributed by atoms with van der Waals surface area (Å²) in [4.78, 5) is 13.2. The van der Waals surface area contributed by atoms with Gasteiger partial charge >= 0.3 is 6.18 Å². The van der Waals surface area contributed by atoms with Gasteiger partial charge in [-0.3, -0.25) is 4.79 Å². The predicted octanol–water partition coefficient (Wildman–Crippen LogP) is 5.18. The number of hydrogen-bond donors (Lipinski definition) is 1. The quantitative estimate of drug-likeness (QED) is 0.644. The molecule has 0 spiro atoms. The van der Waals surface area contributed by atoms with Crippen molar-refractivity contribution < 1.29 is 27.4 Å². The van der Waals surface area contributed by atoms with Crippen LogP contribution < -0.4 is 10.1 Å². The molecule has 1 aliphatic carbocycles. The molecule has 1 aliphatic rings. The van der Waals surface area contributed by atoms with Gasteiger partial charge in [-0.2, -0.15) is 13.2 Å². The van der Waals surface area contributed by atoms with Gasteiger partial charge in [0.1, 0.15) is 12.4 Å². The van der Waals surface area contributed by atoms with Gasteiger partial charge in [0.2, 0.25) is 5.91 Å². The first-order valence-electron chi connectivity index (χ1n) is 9.57. The minimum atomic E-state index is -4.60. The van der Waals surface area contributed by atoms with Crippen LogP contribution in [0.3, 0.4) is 0 Å². The van der Waals surface area contributed by atoms with Crippen molar-refractivity contribution >= 4 is 11.6 Å². The average molecular weight is 407 g/mol. The van der Waals surface area contributed by atoms with Gasteiger partial charge in [-0.1, -0.05) is 43.2 Å². The summed E-state index contributed by atoms with van der Waals surface area (Å²) in [5.41, 5.74) is -0.645. The molecule has 0 aliphatic heterocycles. The van der Waals surface area contributed by atoms with Gasteiger partial charge in [0.25, 0.3) is 0 Å². The minimum absolute atomic E-state index is 0.00238. The smallest absolute Gasteiger partial charge is 0.420 e. The third-order valence-electron chi connectivity index (χ3n) is 5.31. The number of hydrogen-bond acceptors (Lipinski definition) is 3. The number of ether oxygens (including phenoxy) is 2. The highest BCUT2D eigenvalue weighted by atomic mass is 19.4. The van der Waals surface area contributed by atoms with Crippen molar-refractivity contribution in [3.63, 3.8) is 0 Å². The molecule has 7 heteroatoms. The highest BCUT2D eigenvalue weighted by molar-refractivity contribution is 5.99. The number of halogens is 3. The molecule has 1 N–H and O–H groups in total. The zero-order valence-corrected chi connectivity index (χ0v) is 16.2. The zero-order chi connectivity index (χ0) is 20.9. The summed E-state index contributed by atoms with van der Waals surface area (Å²) in [6.45, 7) is 0.178. The van der Waals surface area contributed by atoms with E-state index >= 15 is 0 Å². The van der Waals surface area contributed by atoms with Crippen molar-refractivity contribution in [1.29, 1.82) is 0 Å². The Bertz CT molecular complexity index is 831. The Morgan fingerprint density at radius 2 is 1.76 bits per heavy atom. The second kappa shape index (κ2) is 8.86. The molecule has 0 atom stereocenters. The van der Waals surface area contributed by atoms with E-state index in [-0.39, 0.29) is 30.6 Å². The number of anilines is 1. The van der Waals surface area contributed by atoms with Gasteiger partial charge in [0, 0.05) is 12.8 Å². The number of alkyl halides is 3. The maximum atomic E-state index is 13.5. The van der Waals surface area contributed by atoms with Gasteiger partial charge in [-0.05, 0) is 36.6 Å². The van der Waals surface area contributed by atoms with E-state index in [1.807, 2.05) is 30.3 Å². The number of carbonyl (C=O) groups excluding carboxylic acids is 1. The Hall–Kier alpha value is -2.54. The van der Waals surface area contributed by atoms with Crippen LogP contribution in [-0.2, 0) is 21.1 Å². The van der Waals surface area contributed by atoms with E-state index < -0.39 is 17.2 Å². The van der Waals surface area contributed by atoms with Gasteiger partial charge < -0.3 is 14.8 Å². The van der Waals surface area contributed by atoms with Crippen LogP contribution >= 0.6 is 0 Å². The SMILES string of the molecule is COCCOc1ccc(NC(=O)C2(c3ccccc3)CCCC2)cc1C(F)(F)F. The largest absolute Gasteiger partial charge is 0.491 e. The van der Waals surface area contributed by atoms with Crippen molar-refractivity contribution in [1.82, 2.24) is 0 Å². The minimum Gasteiger partial charge on any atom is -0.491 e. The molecule has 0 aromatic heterocycles. The third kappa shape index (κ3) is 4.72. The van der Waals surface area contributed by atoms with Crippen LogP contribution in [-0.4, -0.2) is 26.2 Å². The zero-order valence-electron chi connectivity index (χ0n) is 16.2. The van der Waals surface area contributed by atoms with E-state index in [0.29, 0.717) is 12.8 Å². The van der Waals surface area contributed by atoms with Gasteiger partial charge in [0.15, 0.2) is 0 Å². The number of methoxy groups -OCH3 is 1. The molecule has 2 aromatic carbocycles. The number of nitrogens with one attached hydrogen (secondary N) is 1. The molecule has 1 fully saturated rings. The second-order valence-electron chi connectivity index (χ2n) is 7.16. The van der Waals surface area contributed by atoms with Crippen LogP contribution in [0.4, 0.5) is 18.9 Å². The van der Waals surface area contributed by atoms with E-state index in [2.05, 4.69) is 5.32 Å². The Morgan fingerprint density at radius 1 is 1.07 bits per heavy atom. The Balaban J connectivity index is 1.86. The van der Waals surface area contributed by atoms with E-state index in [4.69, 9.17) is 9.47 Å². The molecule has 0 heterocycles. The highest BCUT2D eigenvalue weighted by Gasteiger charge is 2.43. The molecule has 0 saturated heterocycles. The summed E-state index contributed by atoms with van der Waals surface area (Å²) in [5, 5.41) is 2.71. The third-order valence-corrected chi connectivity index (χ3v) is 5.31. The Morgan fingerprint density at radius 3 is 2.38 bits per heavy atom. The summed E-state index contributed by atoms with van der Waals surface area (Å²) >= 11 is 0. The summed E-state index contributed by atoms with van der Waals surface area (Å²) in [6.07, 6.45) is -1.45. The number of benzene rings is 2. The molecule has 1 saturated carbocycles. The first-order valence-corrected chi connectivity index (χ1v) is 9.57. The normalized spacial score (nSPS) is 15.9. The monoisotopic (exact) mass is 407 g/mol. The van der Waals surface area contributed by atoms with Crippen LogP contribution in [0.15, 0.2) is 48.5 Å². The number of rotatable bonds is 7. The fourth-order valence-electron chi connectivity index (χ4n) is 3.82. The average Bonchev–Trinajstić information content (AvgIpc) is 3.20. The lowest BCUT2D eigenvalue weighted by atomic mass is 9.78. The topological polar surface area (TPSA) is 47.6 Å². The highest BCUT2D eigenvalue weighted by Crippen LogP contribution is 2.43. The summed E-state index contributed by atoms with van der Waals surface area (Å²) in [6, 6.07) is 13.0. The summed E-state index contributed by atoms with van der Waals surface area (Å²) < 4.78 is 50.5. The molecular formula is C22H24F3NO3. The van der Waals surface area contributed by atoms with E-state index in [9.17, 15) is 18.0 Å². The Labute approximate surface area is 168 Å². The number of carbonyl (C=O) groups is 1. The van der Waals surface area contributed by atoms with Crippen LogP contribution in [0.25, 0.3) is 0 Å². The lowest BCUT2D eigenvalue weighted by molar-refractivity contribution is -0.139. The van der Waals surface area contributed by atoms with Crippen molar-refractivity contribution in [3.8, 4) is 5.75 Å². The number of amides is 1. The van der Waals surface area contributed by atoms with E-state index in [0.717, 1.165) is 24.5 Å². The first kappa shape index (κ1) is 21.2. The molecule has 0 unspecified atom stereocenters.